The van der Waals surface area contributed by atoms with Gasteiger partial charge in [0.25, 0.3) is 0 Å². The Balaban J connectivity index is 2.24. The summed E-state index contributed by atoms with van der Waals surface area (Å²) in [4.78, 5) is 0. The molecular formula is C13H22BrN3O. The smallest absolute Gasteiger partial charge is 0.0766 e. The van der Waals surface area contributed by atoms with Gasteiger partial charge in [0, 0.05) is 19.0 Å². The van der Waals surface area contributed by atoms with Crippen LogP contribution >= 0.6 is 15.9 Å². The van der Waals surface area contributed by atoms with Crippen LogP contribution in [-0.4, -0.2) is 34.6 Å². The molecule has 2 rings (SSSR count). The van der Waals surface area contributed by atoms with E-state index < -0.39 is 0 Å². The fraction of sp³-hybridized carbons (Fsp3) is 0.769. The maximum atomic E-state index is 9.76. The van der Waals surface area contributed by atoms with Crippen molar-refractivity contribution in [1.82, 2.24) is 15.1 Å². The predicted octanol–water partition coefficient (Wildman–Crippen LogP) is 1.65. The summed E-state index contributed by atoms with van der Waals surface area (Å²) in [6, 6.07) is 0. The van der Waals surface area contributed by atoms with Gasteiger partial charge in [-0.3, -0.25) is 4.68 Å². The standard InChI is InChI=1S/C13H22BrN3O/c1-3-10-12(14)11(17(2)16-10)7-13(9-18)5-4-6-15-8-13/h15,18H,3-9H2,1-2H3. The highest BCUT2D eigenvalue weighted by molar-refractivity contribution is 9.10. The second-order valence-electron chi connectivity index (χ2n) is 5.30. The number of nitrogens with zero attached hydrogens (tertiary/aromatic N) is 2. The first-order valence-electron chi connectivity index (χ1n) is 6.64. The number of aromatic nitrogens is 2. The van der Waals surface area contributed by atoms with E-state index in [1.807, 2.05) is 11.7 Å². The van der Waals surface area contributed by atoms with Crippen LogP contribution in [0.25, 0.3) is 0 Å². The summed E-state index contributed by atoms with van der Waals surface area (Å²) in [6.45, 7) is 4.30. The molecule has 102 valence electrons. The van der Waals surface area contributed by atoms with E-state index in [4.69, 9.17) is 0 Å². The Hall–Kier alpha value is -0.390. The molecule has 1 aliphatic heterocycles. The monoisotopic (exact) mass is 315 g/mol. The van der Waals surface area contributed by atoms with Gasteiger partial charge in [-0.05, 0) is 48.2 Å². The third-order valence-electron chi connectivity index (χ3n) is 3.94. The lowest BCUT2D eigenvalue weighted by Crippen LogP contribution is -2.44. The minimum atomic E-state index is -0.0282. The molecule has 1 unspecified atom stereocenters. The average molecular weight is 316 g/mol. The van der Waals surface area contributed by atoms with Crippen molar-refractivity contribution in [1.29, 1.82) is 0 Å². The molecule has 0 aromatic carbocycles. The number of piperidine rings is 1. The minimum absolute atomic E-state index is 0.0282. The molecule has 0 aliphatic carbocycles. The van der Waals surface area contributed by atoms with Crippen LogP contribution in [0.1, 0.15) is 31.2 Å². The molecule has 1 aromatic heterocycles. The summed E-state index contributed by atoms with van der Waals surface area (Å²) in [5.74, 6) is 0. The topological polar surface area (TPSA) is 50.1 Å². The van der Waals surface area contributed by atoms with Crippen molar-refractivity contribution in [3.63, 3.8) is 0 Å². The van der Waals surface area contributed by atoms with Gasteiger partial charge < -0.3 is 10.4 Å². The van der Waals surface area contributed by atoms with E-state index in [-0.39, 0.29) is 12.0 Å². The van der Waals surface area contributed by atoms with E-state index in [9.17, 15) is 5.11 Å². The third-order valence-corrected chi connectivity index (χ3v) is 4.86. The fourth-order valence-corrected chi connectivity index (χ4v) is 3.50. The highest BCUT2D eigenvalue weighted by Crippen LogP contribution is 2.33. The quantitative estimate of drug-likeness (QED) is 0.888. The minimum Gasteiger partial charge on any atom is -0.396 e. The van der Waals surface area contributed by atoms with Gasteiger partial charge in [-0.25, -0.2) is 0 Å². The summed E-state index contributed by atoms with van der Waals surface area (Å²) in [6.07, 6.45) is 4.02. The molecule has 1 saturated heterocycles. The van der Waals surface area contributed by atoms with Crippen LogP contribution in [0.3, 0.4) is 0 Å². The molecule has 4 nitrogen and oxygen atoms in total. The van der Waals surface area contributed by atoms with Crippen LogP contribution in [0.5, 0.6) is 0 Å². The van der Waals surface area contributed by atoms with E-state index >= 15 is 0 Å². The second-order valence-corrected chi connectivity index (χ2v) is 6.09. The summed E-state index contributed by atoms with van der Waals surface area (Å²) < 4.78 is 3.07. The zero-order chi connectivity index (χ0) is 13.2. The third kappa shape index (κ3) is 2.63. The van der Waals surface area contributed by atoms with Crippen LogP contribution in [-0.2, 0) is 19.9 Å². The Morgan fingerprint density at radius 2 is 2.33 bits per heavy atom. The fourth-order valence-electron chi connectivity index (χ4n) is 2.74. The molecule has 1 fully saturated rings. The zero-order valence-corrected chi connectivity index (χ0v) is 12.8. The van der Waals surface area contributed by atoms with E-state index in [1.54, 1.807) is 0 Å². The number of nitrogens with one attached hydrogen (secondary N) is 1. The average Bonchev–Trinajstić information content (AvgIpc) is 2.67. The number of aliphatic hydroxyl groups excluding tert-OH is 1. The molecule has 0 amide bonds. The maximum absolute atomic E-state index is 9.76. The molecule has 2 N–H and O–H groups in total. The first-order chi connectivity index (χ1) is 8.62. The second kappa shape index (κ2) is 5.72. The first-order valence-corrected chi connectivity index (χ1v) is 7.43. The lowest BCUT2D eigenvalue weighted by Gasteiger charge is -2.36. The molecular weight excluding hydrogens is 294 g/mol. The number of halogens is 1. The van der Waals surface area contributed by atoms with Crippen LogP contribution in [0.4, 0.5) is 0 Å². The number of hydrogen-bond donors (Lipinski definition) is 2. The number of aliphatic hydroxyl groups is 1. The molecule has 0 spiro atoms. The molecule has 1 aliphatic rings. The lowest BCUT2D eigenvalue weighted by molar-refractivity contribution is 0.0927. The van der Waals surface area contributed by atoms with Gasteiger partial charge in [-0.2, -0.15) is 5.10 Å². The molecule has 1 aromatic rings. The van der Waals surface area contributed by atoms with Crippen molar-refractivity contribution in [3.8, 4) is 0 Å². The van der Waals surface area contributed by atoms with E-state index in [1.165, 1.54) is 5.69 Å². The Bertz CT molecular complexity index is 411. The van der Waals surface area contributed by atoms with Gasteiger partial charge in [0.15, 0.2) is 0 Å². The highest BCUT2D eigenvalue weighted by Gasteiger charge is 2.33. The van der Waals surface area contributed by atoms with Crippen molar-refractivity contribution in [3.05, 3.63) is 15.9 Å². The van der Waals surface area contributed by atoms with E-state index in [0.717, 1.165) is 48.9 Å². The predicted molar refractivity (Wildman–Crippen MR) is 75.6 cm³/mol. The van der Waals surface area contributed by atoms with Gasteiger partial charge in [-0.1, -0.05) is 6.92 Å². The molecule has 0 radical (unpaired) electrons. The largest absolute Gasteiger partial charge is 0.396 e. The summed E-state index contributed by atoms with van der Waals surface area (Å²) in [7, 11) is 1.99. The molecule has 18 heavy (non-hydrogen) atoms. The SMILES string of the molecule is CCc1nn(C)c(CC2(CO)CCCNC2)c1Br. The maximum Gasteiger partial charge on any atom is 0.0766 e. The number of aryl methyl sites for hydroxylation is 2. The van der Waals surface area contributed by atoms with Crippen LogP contribution in [0, 0.1) is 5.41 Å². The molecule has 0 bridgehead atoms. The van der Waals surface area contributed by atoms with Gasteiger partial charge in [0.05, 0.1) is 22.5 Å². The Morgan fingerprint density at radius 1 is 1.56 bits per heavy atom. The lowest BCUT2D eigenvalue weighted by atomic mass is 9.77. The van der Waals surface area contributed by atoms with Crippen LogP contribution < -0.4 is 5.32 Å². The zero-order valence-electron chi connectivity index (χ0n) is 11.2. The van der Waals surface area contributed by atoms with Crippen molar-refractivity contribution in [2.24, 2.45) is 12.5 Å². The van der Waals surface area contributed by atoms with Crippen molar-refractivity contribution in [2.45, 2.75) is 32.6 Å². The Morgan fingerprint density at radius 3 is 2.83 bits per heavy atom. The molecule has 5 heteroatoms. The molecule has 2 heterocycles. The normalized spacial score (nSPS) is 24.4. The van der Waals surface area contributed by atoms with Crippen LogP contribution in [0.15, 0.2) is 4.47 Å². The summed E-state index contributed by atoms with van der Waals surface area (Å²) in [5, 5.41) is 17.7. The van der Waals surface area contributed by atoms with E-state index in [2.05, 4.69) is 33.3 Å². The first kappa shape index (κ1) is 14.0. The molecule has 0 saturated carbocycles. The van der Waals surface area contributed by atoms with Crippen molar-refractivity contribution < 1.29 is 5.11 Å². The van der Waals surface area contributed by atoms with Gasteiger partial charge in [-0.15, -0.1) is 0 Å². The molecule has 1 atom stereocenters. The Kier molecular flexibility index (Phi) is 4.45. The summed E-state index contributed by atoms with van der Waals surface area (Å²) in [5.41, 5.74) is 2.27. The van der Waals surface area contributed by atoms with Crippen molar-refractivity contribution >= 4 is 15.9 Å². The number of rotatable bonds is 4. The van der Waals surface area contributed by atoms with Gasteiger partial charge >= 0.3 is 0 Å². The van der Waals surface area contributed by atoms with Gasteiger partial charge in [0.2, 0.25) is 0 Å². The van der Waals surface area contributed by atoms with Gasteiger partial charge in [0.1, 0.15) is 0 Å². The number of hydrogen-bond acceptors (Lipinski definition) is 3. The van der Waals surface area contributed by atoms with Crippen molar-refractivity contribution in [2.75, 3.05) is 19.7 Å². The highest BCUT2D eigenvalue weighted by atomic mass is 79.9. The Labute approximate surface area is 117 Å². The van der Waals surface area contributed by atoms with Crippen LogP contribution in [0.2, 0.25) is 0 Å². The summed E-state index contributed by atoms with van der Waals surface area (Å²) >= 11 is 3.66. The van der Waals surface area contributed by atoms with E-state index in [0.29, 0.717) is 0 Å².